The second-order valence-corrected chi connectivity index (χ2v) is 3.96. The fourth-order valence-electron chi connectivity index (χ4n) is 1.75. The van der Waals surface area contributed by atoms with Gasteiger partial charge in [-0.2, -0.15) is 0 Å². The van der Waals surface area contributed by atoms with Crippen LogP contribution in [0.25, 0.3) is 0 Å². The second-order valence-electron chi connectivity index (χ2n) is 3.96. The van der Waals surface area contributed by atoms with Crippen LogP contribution in [-0.4, -0.2) is 36.5 Å². The van der Waals surface area contributed by atoms with E-state index in [4.69, 9.17) is 9.15 Å². The zero-order valence-electron chi connectivity index (χ0n) is 9.19. The van der Waals surface area contributed by atoms with Crippen LogP contribution in [0.5, 0.6) is 0 Å². The molecule has 2 atom stereocenters. The molecule has 0 bridgehead atoms. The van der Waals surface area contributed by atoms with Gasteiger partial charge in [0.25, 0.3) is 0 Å². The molecule has 1 N–H and O–H groups in total. The van der Waals surface area contributed by atoms with E-state index in [9.17, 15) is 0 Å². The van der Waals surface area contributed by atoms with Crippen LogP contribution in [0.15, 0.2) is 4.42 Å². The number of hydrogen-bond donors (Lipinski definition) is 1. The van der Waals surface area contributed by atoms with Crippen molar-refractivity contribution in [2.24, 2.45) is 0 Å². The van der Waals surface area contributed by atoms with Gasteiger partial charge in [-0.1, -0.05) is 0 Å². The van der Waals surface area contributed by atoms with Crippen molar-refractivity contribution in [3.63, 3.8) is 0 Å². The van der Waals surface area contributed by atoms with Crippen LogP contribution in [0, 0.1) is 0 Å². The van der Waals surface area contributed by atoms with Gasteiger partial charge in [0, 0.05) is 13.0 Å². The Hall–Kier alpha value is -0.940. The Kier molecular flexibility index (Phi) is 3.33. The van der Waals surface area contributed by atoms with Gasteiger partial charge < -0.3 is 14.5 Å². The average molecular weight is 211 g/mol. The Bertz CT molecular complexity index is 313. The van der Waals surface area contributed by atoms with Crippen LogP contribution >= 0.6 is 0 Å². The number of ether oxygens (including phenoxy) is 1. The maximum atomic E-state index is 5.58. The Balaban J connectivity index is 1.94. The first-order valence-electron chi connectivity index (χ1n) is 5.38. The summed E-state index contributed by atoms with van der Waals surface area (Å²) >= 11 is 0. The standard InChI is InChI=1S/C10H17N3O2/c1-7-5-8(6-14-7)10-13-12-9(15-10)3-4-11-2/h7-8,11H,3-6H2,1-2H3. The molecule has 5 nitrogen and oxygen atoms in total. The third-order valence-corrected chi connectivity index (χ3v) is 2.62. The molecular weight excluding hydrogens is 194 g/mol. The van der Waals surface area contributed by atoms with E-state index in [1.165, 1.54) is 0 Å². The molecule has 0 aromatic carbocycles. The summed E-state index contributed by atoms with van der Waals surface area (Å²) in [5.41, 5.74) is 0. The molecular formula is C10H17N3O2. The molecule has 0 aliphatic carbocycles. The Morgan fingerprint density at radius 1 is 1.47 bits per heavy atom. The van der Waals surface area contributed by atoms with E-state index in [2.05, 4.69) is 22.4 Å². The van der Waals surface area contributed by atoms with E-state index in [0.29, 0.717) is 18.6 Å². The molecule has 0 amide bonds. The fraction of sp³-hybridized carbons (Fsp3) is 0.800. The zero-order valence-corrected chi connectivity index (χ0v) is 9.19. The monoisotopic (exact) mass is 211 g/mol. The average Bonchev–Trinajstić information content (AvgIpc) is 2.83. The van der Waals surface area contributed by atoms with Gasteiger partial charge in [0.2, 0.25) is 11.8 Å². The van der Waals surface area contributed by atoms with E-state index < -0.39 is 0 Å². The Morgan fingerprint density at radius 3 is 3.00 bits per heavy atom. The fourth-order valence-corrected chi connectivity index (χ4v) is 1.75. The summed E-state index contributed by atoms with van der Waals surface area (Å²) in [4.78, 5) is 0. The third-order valence-electron chi connectivity index (χ3n) is 2.62. The maximum Gasteiger partial charge on any atom is 0.222 e. The van der Waals surface area contributed by atoms with Crippen molar-refractivity contribution < 1.29 is 9.15 Å². The lowest BCUT2D eigenvalue weighted by atomic mass is 10.1. The highest BCUT2D eigenvalue weighted by atomic mass is 16.5. The van der Waals surface area contributed by atoms with Crippen LogP contribution in [-0.2, 0) is 11.2 Å². The molecule has 2 unspecified atom stereocenters. The topological polar surface area (TPSA) is 60.2 Å². The van der Waals surface area contributed by atoms with E-state index in [1.807, 2.05) is 7.05 Å². The largest absolute Gasteiger partial charge is 0.425 e. The molecule has 0 radical (unpaired) electrons. The van der Waals surface area contributed by atoms with Crippen LogP contribution in [0.4, 0.5) is 0 Å². The predicted octanol–water partition coefficient (Wildman–Crippen LogP) is 0.724. The molecule has 0 saturated carbocycles. The number of hydrogen-bond acceptors (Lipinski definition) is 5. The number of nitrogens with one attached hydrogen (secondary N) is 1. The molecule has 1 aliphatic heterocycles. The molecule has 2 rings (SSSR count). The van der Waals surface area contributed by atoms with Crippen molar-refractivity contribution in [3.8, 4) is 0 Å². The van der Waals surface area contributed by atoms with Gasteiger partial charge in [-0.05, 0) is 20.4 Å². The van der Waals surface area contributed by atoms with Gasteiger partial charge in [-0.3, -0.25) is 0 Å². The van der Waals surface area contributed by atoms with Crippen LogP contribution < -0.4 is 5.32 Å². The highest BCUT2D eigenvalue weighted by Crippen LogP contribution is 2.27. The van der Waals surface area contributed by atoms with Gasteiger partial charge in [-0.25, -0.2) is 0 Å². The van der Waals surface area contributed by atoms with Gasteiger partial charge >= 0.3 is 0 Å². The predicted molar refractivity (Wildman–Crippen MR) is 54.7 cm³/mol. The summed E-state index contributed by atoms with van der Waals surface area (Å²) in [6.45, 7) is 3.63. The summed E-state index contributed by atoms with van der Waals surface area (Å²) in [7, 11) is 1.91. The van der Waals surface area contributed by atoms with Crippen molar-refractivity contribution in [3.05, 3.63) is 11.8 Å². The van der Waals surface area contributed by atoms with Gasteiger partial charge in [-0.15, -0.1) is 10.2 Å². The van der Waals surface area contributed by atoms with Crippen molar-refractivity contribution in [1.82, 2.24) is 15.5 Å². The third kappa shape index (κ3) is 2.54. The maximum absolute atomic E-state index is 5.58. The summed E-state index contributed by atoms with van der Waals surface area (Å²) in [5.74, 6) is 1.72. The Morgan fingerprint density at radius 2 is 2.33 bits per heavy atom. The van der Waals surface area contributed by atoms with E-state index in [0.717, 1.165) is 25.3 Å². The van der Waals surface area contributed by atoms with E-state index in [-0.39, 0.29) is 5.92 Å². The molecule has 0 spiro atoms. The molecule has 84 valence electrons. The molecule has 1 saturated heterocycles. The van der Waals surface area contributed by atoms with E-state index >= 15 is 0 Å². The normalized spacial score (nSPS) is 26.0. The summed E-state index contributed by atoms with van der Waals surface area (Å²) in [6.07, 6.45) is 2.07. The Labute approximate surface area is 89.2 Å². The molecule has 2 heterocycles. The van der Waals surface area contributed by atoms with Crippen LogP contribution in [0.1, 0.15) is 31.0 Å². The minimum Gasteiger partial charge on any atom is -0.425 e. The molecule has 5 heteroatoms. The number of aromatic nitrogens is 2. The molecule has 1 aromatic rings. The van der Waals surface area contributed by atoms with Gasteiger partial charge in [0.15, 0.2) is 0 Å². The van der Waals surface area contributed by atoms with Crippen molar-refractivity contribution in [2.75, 3.05) is 20.2 Å². The summed E-state index contributed by atoms with van der Waals surface area (Å²) in [6, 6.07) is 0. The van der Waals surface area contributed by atoms with Crippen LogP contribution in [0.2, 0.25) is 0 Å². The molecule has 1 aromatic heterocycles. The first kappa shape index (κ1) is 10.6. The lowest BCUT2D eigenvalue weighted by molar-refractivity contribution is 0.122. The van der Waals surface area contributed by atoms with Crippen LogP contribution in [0.3, 0.4) is 0 Å². The first-order chi connectivity index (χ1) is 7.29. The first-order valence-corrected chi connectivity index (χ1v) is 5.38. The summed E-state index contributed by atoms with van der Waals surface area (Å²) < 4.78 is 11.0. The van der Waals surface area contributed by atoms with E-state index in [1.54, 1.807) is 0 Å². The smallest absolute Gasteiger partial charge is 0.222 e. The highest BCUT2D eigenvalue weighted by molar-refractivity contribution is 4.95. The van der Waals surface area contributed by atoms with Gasteiger partial charge in [0.05, 0.1) is 18.6 Å². The lowest BCUT2D eigenvalue weighted by Gasteiger charge is -1.99. The molecule has 1 aliphatic rings. The van der Waals surface area contributed by atoms with Crippen molar-refractivity contribution in [1.29, 1.82) is 0 Å². The number of nitrogens with zero attached hydrogens (tertiary/aromatic N) is 2. The number of likely N-dealkylation sites (N-methyl/N-ethyl adjacent to an activating group) is 1. The minimum absolute atomic E-state index is 0.288. The van der Waals surface area contributed by atoms with Crippen molar-refractivity contribution >= 4 is 0 Å². The number of rotatable bonds is 4. The highest BCUT2D eigenvalue weighted by Gasteiger charge is 2.27. The quantitative estimate of drug-likeness (QED) is 0.795. The molecule has 15 heavy (non-hydrogen) atoms. The van der Waals surface area contributed by atoms with Gasteiger partial charge in [0.1, 0.15) is 0 Å². The molecule has 1 fully saturated rings. The SMILES string of the molecule is CNCCc1nnc(C2COC(C)C2)o1. The minimum atomic E-state index is 0.288. The zero-order chi connectivity index (χ0) is 10.7. The lowest BCUT2D eigenvalue weighted by Crippen LogP contribution is -2.10. The summed E-state index contributed by atoms with van der Waals surface area (Å²) in [5, 5.41) is 11.1. The van der Waals surface area contributed by atoms with Crippen molar-refractivity contribution in [2.45, 2.75) is 31.8 Å². The second kappa shape index (κ2) is 4.72.